The average Bonchev–Trinajstić information content (AvgIpc) is 3.10. The van der Waals surface area contributed by atoms with Gasteiger partial charge in [0.2, 0.25) is 0 Å². The summed E-state index contributed by atoms with van der Waals surface area (Å²) < 4.78 is 6.02. The molecule has 4 aliphatic carbocycles. The van der Waals surface area contributed by atoms with Crippen LogP contribution in [0.2, 0.25) is 0 Å². The lowest BCUT2D eigenvalue weighted by Crippen LogP contribution is -2.56. The molecule has 1 aliphatic heterocycles. The normalized spacial score (nSPS) is 54.8. The van der Waals surface area contributed by atoms with E-state index in [1.54, 1.807) is 0 Å². The Balaban J connectivity index is 1.46. The van der Waals surface area contributed by atoms with Crippen LogP contribution in [0.4, 0.5) is 0 Å². The zero-order valence-electron chi connectivity index (χ0n) is 15.8. The monoisotopic (exact) mass is 344 g/mol. The topological polar surface area (TPSA) is 43.4 Å². The van der Waals surface area contributed by atoms with Gasteiger partial charge in [-0.25, -0.2) is 0 Å². The number of carbonyl (C=O) groups excluding carboxylic acids is 2. The van der Waals surface area contributed by atoms with Crippen molar-refractivity contribution < 1.29 is 14.3 Å². The van der Waals surface area contributed by atoms with Crippen LogP contribution >= 0.6 is 0 Å². The van der Waals surface area contributed by atoms with Crippen LogP contribution in [0.5, 0.6) is 0 Å². The highest BCUT2D eigenvalue weighted by atomic mass is 16.6. The van der Waals surface area contributed by atoms with Gasteiger partial charge in [-0.1, -0.05) is 13.8 Å². The van der Waals surface area contributed by atoms with Crippen LogP contribution in [0.1, 0.15) is 84.5 Å². The molecule has 0 bridgehead atoms. The SMILES string of the molecule is C[C@]12CCC(=O)C[C@@H]1CC[C@@H]1[C@@H]2CC[C@@]2(C)[C@H]1CC[C@@]21CCC(=O)O1. The minimum absolute atomic E-state index is 0.0328. The van der Waals surface area contributed by atoms with Crippen LogP contribution in [-0.4, -0.2) is 17.4 Å². The Labute approximate surface area is 151 Å². The van der Waals surface area contributed by atoms with Gasteiger partial charge >= 0.3 is 5.97 Å². The van der Waals surface area contributed by atoms with Crippen molar-refractivity contribution in [3.05, 3.63) is 0 Å². The highest BCUT2D eigenvalue weighted by Crippen LogP contribution is 2.70. The van der Waals surface area contributed by atoms with Crippen LogP contribution in [0.3, 0.4) is 0 Å². The predicted molar refractivity (Wildman–Crippen MR) is 94.8 cm³/mol. The second-order valence-electron chi connectivity index (χ2n) is 10.4. The molecule has 0 radical (unpaired) electrons. The maximum Gasteiger partial charge on any atom is 0.306 e. The minimum atomic E-state index is -0.153. The van der Waals surface area contributed by atoms with Gasteiger partial charge in [0.15, 0.2) is 0 Å². The Kier molecular flexibility index (Phi) is 3.33. The molecule has 0 amide bonds. The molecular weight excluding hydrogens is 312 g/mol. The Morgan fingerprint density at radius 1 is 0.880 bits per heavy atom. The van der Waals surface area contributed by atoms with Gasteiger partial charge in [0.05, 0.1) is 0 Å². The lowest BCUT2D eigenvalue weighted by molar-refractivity contribution is -0.174. The summed E-state index contributed by atoms with van der Waals surface area (Å²) in [6, 6.07) is 0. The van der Waals surface area contributed by atoms with E-state index in [2.05, 4.69) is 13.8 Å². The number of ketones is 1. The molecule has 0 aromatic rings. The summed E-state index contributed by atoms with van der Waals surface area (Å²) in [5.74, 6) is 3.44. The van der Waals surface area contributed by atoms with Crippen molar-refractivity contribution >= 4 is 11.8 Å². The molecule has 7 atom stereocenters. The average molecular weight is 344 g/mol. The minimum Gasteiger partial charge on any atom is -0.458 e. The Hall–Kier alpha value is -0.860. The van der Waals surface area contributed by atoms with E-state index in [1.165, 1.54) is 32.1 Å². The standard InChI is InChI=1S/C22H32O3/c1-20-9-5-15(23)13-14(20)3-4-16-17(20)6-10-21(2)18(16)7-11-22(21)12-8-19(24)25-22/h14,16-18H,3-13H2,1-2H3/t14-,16+,17-,18-,20-,21-,22+/m0/s1. The molecule has 25 heavy (non-hydrogen) atoms. The van der Waals surface area contributed by atoms with Gasteiger partial charge in [0.25, 0.3) is 0 Å². The number of ether oxygens (including phenoxy) is 1. The zero-order valence-corrected chi connectivity index (χ0v) is 15.8. The molecule has 3 heteroatoms. The molecule has 0 aromatic carbocycles. The second kappa shape index (κ2) is 5.10. The van der Waals surface area contributed by atoms with Crippen molar-refractivity contribution in [1.82, 2.24) is 0 Å². The van der Waals surface area contributed by atoms with Gasteiger partial charge in [0.1, 0.15) is 11.4 Å². The van der Waals surface area contributed by atoms with E-state index in [0.717, 1.165) is 43.9 Å². The van der Waals surface area contributed by atoms with Gasteiger partial charge in [0, 0.05) is 24.7 Å². The maximum atomic E-state index is 12.0. The predicted octanol–water partition coefficient (Wildman–Crippen LogP) is 4.67. The van der Waals surface area contributed by atoms with E-state index in [1.807, 2.05) is 0 Å². The first-order valence-corrected chi connectivity index (χ1v) is 10.6. The molecule has 1 heterocycles. The Morgan fingerprint density at radius 3 is 2.44 bits per heavy atom. The summed E-state index contributed by atoms with van der Waals surface area (Å²) in [7, 11) is 0. The van der Waals surface area contributed by atoms with Crippen LogP contribution in [0.25, 0.3) is 0 Å². The third-order valence-corrected chi connectivity index (χ3v) is 9.81. The van der Waals surface area contributed by atoms with Crippen molar-refractivity contribution in [1.29, 1.82) is 0 Å². The molecular formula is C22H32O3. The van der Waals surface area contributed by atoms with E-state index in [9.17, 15) is 9.59 Å². The maximum absolute atomic E-state index is 12.0. The van der Waals surface area contributed by atoms with Gasteiger partial charge in [-0.15, -0.1) is 0 Å². The number of rotatable bonds is 0. The first-order valence-electron chi connectivity index (χ1n) is 10.6. The van der Waals surface area contributed by atoms with E-state index < -0.39 is 0 Å². The molecule has 5 rings (SSSR count). The molecule has 4 saturated carbocycles. The molecule has 0 aromatic heterocycles. The lowest BCUT2D eigenvalue weighted by atomic mass is 9.44. The number of fused-ring (bicyclic) bond motifs is 6. The third-order valence-electron chi connectivity index (χ3n) is 9.81. The highest BCUT2D eigenvalue weighted by Gasteiger charge is 2.67. The zero-order chi connectivity index (χ0) is 17.4. The van der Waals surface area contributed by atoms with Crippen LogP contribution < -0.4 is 0 Å². The van der Waals surface area contributed by atoms with Gasteiger partial charge in [-0.05, 0) is 80.5 Å². The molecule has 1 saturated heterocycles. The smallest absolute Gasteiger partial charge is 0.306 e. The molecule has 1 spiro atoms. The van der Waals surface area contributed by atoms with E-state index >= 15 is 0 Å². The van der Waals surface area contributed by atoms with Crippen molar-refractivity contribution in [2.45, 2.75) is 90.1 Å². The van der Waals surface area contributed by atoms with Gasteiger partial charge in [-0.2, -0.15) is 0 Å². The van der Waals surface area contributed by atoms with Gasteiger partial charge in [-0.3, -0.25) is 9.59 Å². The number of carbonyl (C=O) groups is 2. The number of esters is 1. The molecule has 3 nitrogen and oxygen atoms in total. The second-order valence-corrected chi connectivity index (χ2v) is 10.4. The summed E-state index contributed by atoms with van der Waals surface area (Å²) in [6.45, 7) is 4.95. The van der Waals surface area contributed by atoms with E-state index in [-0.39, 0.29) is 17.0 Å². The van der Waals surface area contributed by atoms with Crippen molar-refractivity contribution in [2.24, 2.45) is 34.5 Å². The highest BCUT2D eigenvalue weighted by molar-refractivity contribution is 5.79. The molecule has 0 N–H and O–H groups in total. The van der Waals surface area contributed by atoms with Crippen molar-refractivity contribution in [3.8, 4) is 0 Å². The first-order chi connectivity index (χ1) is 11.9. The first kappa shape index (κ1) is 16.3. The lowest BCUT2D eigenvalue weighted by Gasteiger charge is -2.61. The number of hydrogen-bond donors (Lipinski definition) is 0. The molecule has 138 valence electrons. The summed E-state index contributed by atoms with van der Waals surface area (Å²) in [5, 5.41) is 0. The van der Waals surface area contributed by atoms with Crippen LogP contribution in [-0.2, 0) is 14.3 Å². The Morgan fingerprint density at radius 2 is 1.68 bits per heavy atom. The number of Topliss-reactive ketones (excluding diaryl/α,β-unsaturated/α-hetero) is 1. The summed E-state index contributed by atoms with van der Waals surface area (Å²) in [4.78, 5) is 23.9. The summed E-state index contributed by atoms with van der Waals surface area (Å²) in [6.07, 6.45) is 11.7. The fourth-order valence-electron chi connectivity index (χ4n) is 8.34. The number of hydrogen-bond acceptors (Lipinski definition) is 3. The Bertz CT molecular complexity index is 627. The fraction of sp³-hybridized carbons (Fsp3) is 0.909. The van der Waals surface area contributed by atoms with Crippen LogP contribution in [0, 0.1) is 34.5 Å². The molecule has 5 fully saturated rings. The summed E-state index contributed by atoms with van der Waals surface area (Å²) >= 11 is 0. The molecule has 0 unspecified atom stereocenters. The van der Waals surface area contributed by atoms with Crippen molar-refractivity contribution in [3.63, 3.8) is 0 Å². The fourth-order valence-corrected chi connectivity index (χ4v) is 8.34. The summed E-state index contributed by atoms with van der Waals surface area (Å²) in [5.41, 5.74) is 0.411. The quantitative estimate of drug-likeness (QED) is 0.600. The van der Waals surface area contributed by atoms with E-state index in [4.69, 9.17) is 4.74 Å². The van der Waals surface area contributed by atoms with Crippen molar-refractivity contribution in [2.75, 3.05) is 0 Å². The third kappa shape index (κ3) is 1.99. The van der Waals surface area contributed by atoms with Gasteiger partial charge < -0.3 is 4.74 Å². The largest absolute Gasteiger partial charge is 0.458 e. The van der Waals surface area contributed by atoms with E-state index in [0.29, 0.717) is 29.5 Å². The van der Waals surface area contributed by atoms with Crippen LogP contribution in [0.15, 0.2) is 0 Å². The molecule has 5 aliphatic rings.